The summed E-state index contributed by atoms with van der Waals surface area (Å²) in [6, 6.07) is 6.25. The molecule has 1 aliphatic rings. The fourth-order valence-electron chi connectivity index (χ4n) is 1.73. The Balaban J connectivity index is 2.03. The van der Waals surface area contributed by atoms with Gasteiger partial charge in [0.2, 0.25) is 0 Å². The van der Waals surface area contributed by atoms with Crippen LogP contribution in [0.25, 0.3) is 0 Å². The summed E-state index contributed by atoms with van der Waals surface area (Å²) in [7, 11) is 0. The average Bonchev–Trinajstić information content (AvgIpc) is 2.41. The Bertz CT molecular complexity index is 439. The first-order valence-corrected chi connectivity index (χ1v) is 6.72. The highest BCUT2D eigenvalue weighted by molar-refractivity contribution is 7.99. The predicted octanol–water partition coefficient (Wildman–Crippen LogP) is 2.87. The zero-order valence-corrected chi connectivity index (χ0v) is 11.0. The highest BCUT2D eigenvalue weighted by atomic mass is 32.2. The van der Waals surface area contributed by atoms with E-state index in [9.17, 15) is 13.6 Å². The molecule has 1 aliphatic heterocycles. The SMILES string of the molecule is O=C(Nc1ccccc1SC(F)F)N1CCOCC1. The van der Waals surface area contributed by atoms with Crippen LogP contribution in [0.5, 0.6) is 0 Å². The molecule has 0 aliphatic carbocycles. The molecule has 4 nitrogen and oxygen atoms in total. The maximum Gasteiger partial charge on any atom is 0.322 e. The van der Waals surface area contributed by atoms with Crippen LogP contribution in [0.4, 0.5) is 19.3 Å². The Morgan fingerprint density at radius 2 is 2.00 bits per heavy atom. The van der Waals surface area contributed by atoms with E-state index in [0.717, 1.165) is 0 Å². The smallest absolute Gasteiger partial charge is 0.322 e. The van der Waals surface area contributed by atoms with Crippen molar-refractivity contribution in [3.8, 4) is 0 Å². The van der Waals surface area contributed by atoms with Gasteiger partial charge >= 0.3 is 6.03 Å². The normalized spacial score (nSPS) is 15.6. The Morgan fingerprint density at radius 3 is 2.68 bits per heavy atom. The summed E-state index contributed by atoms with van der Waals surface area (Å²) in [5, 5.41) is 2.66. The number of hydrogen-bond donors (Lipinski definition) is 1. The highest BCUT2D eigenvalue weighted by Crippen LogP contribution is 2.31. The number of hydrogen-bond acceptors (Lipinski definition) is 3. The van der Waals surface area contributed by atoms with Crippen LogP contribution in [0.1, 0.15) is 0 Å². The van der Waals surface area contributed by atoms with Gasteiger partial charge in [0.1, 0.15) is 0 Å². The molecule has 0 radical (unpaired) electrons. The fraction of sp³-hybridized carbons (Fsp3) is 0.417. The van der Waals surface area contributed by atoms with Crippen molar-refractivity contribution < 1.29 is 18.3 Å². The van der Waals surface area contributed by atoms with E-state index in [1.54, 1.807) is 29.2 Å². The van der Waals surface area contributed by atoms with E-state index in [0.29, 0.717) is 48.6 Å². The predicted molar refractivity (Wildman–Crippen MR) is 69.7 cm³/mol. The number of ether oxygens (including phenoxy) is 1. The number of para-hydroxylation sites is 1. The molecule has 0 bridgehead atoms. The molecule has 0 unspecified atom stereocenters. The third-order valence-electron chi connectivity index (χ3n) is 2.64. The Morgan fingerprint density at radius 1 is 1.32 bits per heavy atom. The zero-order chi connectivity index (χ0) is 13.7. The number of morpholine rings is 1. The van der Waals surface area contributed by atoms with Gasteiger partial charge in [-0.1, -0.05) is 23.9 Å². The number of urea groups is 1. The molecule has 0 atom stereocenters. The van der Waals surface area contributed by atoms with E-state index in [1.165, 1.54) is 0 Å². The first kappa shape index (κ1) is 14.1. The molecule has 1 heterocycles. The Labute approximate surface area is 114 Å². The number of carbonyl (C=O) groups is 1. The number of amides is 2. The second-order valence-corrected chi connectivity index (χ2v) is 4.94. The Hall–Kier alpha value is -1.34. The van der Waals surface area contributed by atoms with Crippen LogP contribution < -0.4 is 5.32 Å². The minimum atomic E-state index is -2.51. The number of rotatable bonds is 3. The monoisotopic (exact) mass is 288 g/mol. The second kappa shape index (κ2) is 6.72. The van der Waals surface area contributed by atoms with Gasteiger partial charge in [-0.2, -0.15) is 8.78 Å². The lowest BCUT2D eigenvalue weighted by molar-refractivity contribution is 0.0564. The summed E-state index contributed by atoms with van der Waals surface area (Å²) < 4.78 is 30.0. The zero-order valence-electron chi connectivity index (χ0n) is 10.1. The van der Waals surface area contributed by atoms with Crippen molar-refractivity contribution in [2.75, 3.05) is 31.6 Å². The molecule has 1 fully saturated rings. The van der Waals surface area contributed by atoms with Crippen LogP contribution in [-0.4, -0.2) is 43.0 Å². The van der Waals surface area contributed by atoms with Crippen molar-refractivity contribution in [2.45, 2.75) is 10.7 Å². The molecule has 2 amide bonds. The van der Waals surface area contributed by atoms with Crippen molar-refractivity contribution in [2.24, 2.45) is 0 Å². The lowest BCUT2D eigenvalue weighted by atomic mass is 10.3. The molecule has 1 aromatic carbocycles. The average molecular weight is 288 g/mol. The van der Waals surface area contributed by atoms with Crippen LogP contribution in [0, 0.1) is 0 Å². The summed E-state index contributed by atoms with van der Waals surface area (Å²) in [4.78, 5) is 13.9. The molecule has 1 N–H and O–H groups in total. The number of nitrogens with one attached hydrogen (secondary N) is 1. The first-order chi connectivity index (χ1) is 9.16. The minimum Gasteiger partial charge on any atom is -0.378 e. The Kier molecular flexibility index (Phi) is 4.98. The van der Waals surface area contributed by atoms with Crippen LogP contribution >= 0.6 is 11.8 Å². The highest BCUT2D eigenvalue weighted by Gasteiger charge is 2.18. The van der Waals surface area contributed by atoms with E-state index in [-0.39, 0.29) is 6.03 Å². The quantitative estimate of drug-likeness (QED) is 0.870. The molecule has 1 saturated heterocycles. The maximum absolute atomic E-state index is 12.4. The first-order valence-electron chi connectivity index (χ1n) is 5.84. The summed E-state index contributed by atoms with van der Waals surface area (Å²) >= 11 is 0.422. The van der Waals surface area contributed by atoms with Crippen LogP contribution in [0.2, 0.25) is 0 Å². The lowest BCUT2D eigenvalue weighted by Gasteiger charge is -2.27. The molecule has 0 spiro atoms. The summed E-state index contributed by atoms with van der Waals surface area (Å²) in [6.07, 6.45) is 0. The molecule has 0 saturated carbocycles. The van der Waals surface area contributed by atoms with Crippen molar-refractivity contribution in [3.05, 3.63) is 24.3 Å². The number of thioether (sulfide) groups is 1. The van der Waals surface area contributed by atoms with Crippen molar-refractivity contribution >= 4 is 23.5 Å². The second-order valence-electron chi connectivity index (χ2n) is 3.90. The standard InChI is InChI=1S/C12H14F2N2O2S/c13-11(14)19-10-4-2-1-3-9(10)15-12(17)16-5-7-18-8-6-16/h1-4,11H,5-8H2,(H,15,17). The number of carbonyl (C=O) groups excluding carboxylic acids is 1. The number of anilines is 1. The number of alkyl halides is 2. The topological polar surface area (TPSA) is 41.6 Å². The van der Waals surface area contributed by atoms with Crippen molar-refractivity contribution in [1.82, 2.24) is 4.90 Å². The van der Waals surface area contributed by atoms with Gasteiger partial charge in [-0.15, -0.1) is 0 Å². The summed E-state index contributed by atoms with van der Waals surface area (Å²) in [5.41, 5.74) is 0.407. The van der Waals surface area contributed by atoms with Gasteiger partial charge in [-0.3, -0.25) is 0 Å². The number of halogens is 2. The van der Waals surface area contributed by atoms with Gasteiger partial charge in [0, 0.05) is 18.0 Å². The fourth-order valence-corrected chi connectivity index (χ4v) is 2.32. The molecule has 1 aromatic rings. The van der Waals surface area contributed by atoms with Crippen LogP contribution in [-0.2, 0) is 4.74 Å². The third kappa shape index (κ3) is 4.07. The molecular weight excluding hydrogens is 274 g/mol. The largest absolute Gasteiger partial charge is 0.378 e. The van der Waals surface area contributed by atoms with Gasteiger partial charge in [0.05, 0.1) is 18.9 Å². The van der Waals surface area contributed by atoms with Gasteiger partial charge in [0.15, 0.2) is 0 Å². The molecule has 104 valence electrons. The molecular formula is C12H14F2N2O2S. The summed E-state index contributed by atoms with van der Waals surface area (Å²) in [6.45, 7) is 2.02. The van der Waals surface area contributed by atoms with E-state index in [1.807, 2.05) is 0 Å². The van der Waals surface area contributed by atoms with Gasteiger partial charge in [-0.05, 0) is 12.1 Å². The third-order valence-corrected chi connectivity index (χ3v) is 3.43. The van der Waals surface area contributed by atoms with Gasteiger partial charge < -0.3 is 15.0 Å². The van der Waals surface area contributed by atoms with Crippen molar-refractivity contribution in [3.63, 3.8) is 0 Å². The van der Waals surface area contributed by atoms with Crippen LogP contribution in [0.15, 0.2) is 29.2 Å². The van der Waals surface area contributed by atoms with Crippen LogP contribution in [0.3, 0.4) is 0 Å². The minimum absolute atomic E-state index is 0.286. The number of nitrogens with zero attached hydrogens (tertiary/aromatic N) is 1. The van der Waals surface area contributed by atoms with E-state index < -0.39 is 5.76 Å². The molecule has 0 aromatic heterocycles. The van der Waals surface area contributed by atoms with Gasteiger partial charge in [-0.25, -0.2) is 4.79 Å². The summed E-state index contributed by atoms with van der Waals surface area (Å²) in [5.74, 6) is -2.51. The number of benzene rings is 1. The van der Waals surface area contributed by atoms with E-state index in [4.69, 9.17) is 4.74 Å². The molecule has 2 rings (SSSR count). The maximum atomic E-state index is 12.4. The van der Waals surface area contributed by atoms with E-state index in [2.05, 4.69) is 5.32 Å². The molecule has 19 heavy (non-hydrogen) atoms. The van der Waals surface area contributed by atoms with E-state index >= 15 is 0 Å². The van der Waals surface area contributed by atoms with Gasteiger partial charge in [0.25, 0.3) is 5.76 Å². The lowest BCUT2D eigenvalue weighted by Crippen LogP contribution is -2.43. The molecule has 7 heteroatoms. The van der Waals surface area contributed by atoms with Crippen molar-refractivity contribution in [1.29, 1.82) is 0 Å².